The first kappa shape index (κ1) is 15.8. The molecule has 1 aliphatic rings. The van der Waals surface area contributed by atoms with E-state index in [9.17, 15) is 9.59 Å². The van der Waals surface area contributed by atoms with Crippen LogP contribution >= 0.6 is 22.9 Å². The number of halogens is 1. The van der Waals surface area contributed by atoms with E-state index in [4.69, 9.17) is 16.3 Å². The minimum Gasteiger partial charge on any atom is -0.444 e. The normalized spacial score (nSPS) is 14.2. The van der Waals surface area contributed by atoms with Crippen LogP contribution in [0.15, 0.2) is 47.4 Å². The summed E-state index contributed by atoms with van der Waals surface area (Å²) < 4.78 is 5.40. The largest absolute Gasteiger partial charge is 0.444 e. The van der Waals surface area contributed by atoms with E-state index in [1.54, 1.807) is 0 Å². The van der Waals surface area contributed by atoms with E-state index >= 15 is 0 Å². The molecule has 0 fully saturated rings. The molecule has 0 radical (unpaired) electrons. The maximum absolute atomic E-state index is 12.4. The van der Waals surface area contributed by atoms with Gasteiger partial charge in [-0.15, -0.1) is 11.3 Å². The van der Waals surface area contributed by atoms with Gasteiger partial charge in [-0.1, -0.05) is 41.9 Å². The number of fused-ring (bicyclic) bond motifs is 1. The number of amides is 1. The highest BCUT2D eigenvalue weighted by molar-refractivity contribution is 7.12. The van der Waals surface area contributed by atoms with Crippen molar-refractivity contribution in [1.82, 2.24) is 0 Å². The van der Waals surface area contributed by atoms with Gasteiger partial charge >= 0.3 is 6.09 Å². The lowest BCUT2D eigenvalue weighted by atomic mass is 10.2. The quantitative estimate of drug-likeness (QED) is 0.771. The molecule has 0 saturated heterocycles. The number of anilines is 1. The minimum atomic E-state index is -0.440. The van der Waals surface area contributed by atoms with Crippen molar-refractivity contribution in [2.24, 2.45) is 0 Å². The van der Waals surface area contributed by atoms with E-state index < -0.39 is 6.09 Å². The third kappa shape index (κ3) is 3.30. The maximum Gasteiger partial charge on any atom is 0.414 e. The molecule has 0 unspecified atom stereocenters. The van der Waals surface area contributed by atoms with Gasteiger partial charge in [0.05, 0.1) is 15.6 Å². The van der Waals surface area contributed by atoms with Crippen molar-refractivity contribution in [2.45, 2.75) is 13.0 Å². The Hall–Kier alpha value is -2.11. The molecule has 1 amide bonds. The van der Waals surface area contributed by atoms with Crippen LogP contribution in [-0.2, 0) is 16.1 Å². The molecular weight excluding hydrogens is 334 g/mol. The van der Waals surface area contributed by atoms with Crippen molar-refractivity contribution >= 4 is 46.0 Å². The van der Waals surface area contributed by atoms with Crippen molar-refractivity contribution in [2.75, 3.05) is 11.4 Å². The molecule has 0 aliphatic carbocycles. The van der Waals surface area contributed by atoms with Gasteiger partial charge in [0.25, 0.3) is 0 Å². The zero-order chi connectivity index (χ0) is 16.2. The van der Waals surface area contributed by atoms with Crippen LogP contribution in [0.1, 0.15) is 16.9 Å². The Morgan fingerprint density at radius 2 is 2.09 bits per heavy atom. The number of ether oxygens (including phenoxy) is 1. The summed E-state index contributed by atoms with van der Waals surface area (Å²) in [5.41, 5.74) is 2.12. The Morgan fingerprint density at radius 1 is 1.30 bits per heavy atom. The molecular formula is C17H14ClNO3S. The van der Waals surface area contributed by atoms with Crippen molar-refractivity contribution in [3.63, 3.8) is 0 Å². The molecule has 1 aliphatic heterocycles. The van der Waals surface area contributed by atoms with E-state index in [0.717, 1.165) is 16.7 Å². The molecule has 2 aromatic rings. The molecule has 1 aromatic heterocycles. The van der Waals surface area contributed by atoms with E-state index in [-0.39, 0.29) is 6.61 Å². The number of carbonyl (C=O) groups excluding carboxylic acids is 2. The first-order valence-electron chi connectivity index (χ1n) is 7.10. The number of hydrogen-bond acceptors (Lipinski definition) is 4. The first-order valence-corrected chi connectivity index (χ1v) is 8.36. The van der Waals surface area contributed by atoms with Gasteiger partial charge in [0, 0.05) is 12.1 Å². The summed E-state index contributed by atoms with van der Waals surface area (Å²) in [5, 5.41) is 2.27. The number of rotatable bonds is 3. The lowest BCUT2D eigenvalue weighted by Crippen LogP contribution is -2.32. The summed E-state index contributed by atoms with van der Waals surface area (Å²) in [6.45, 7) is 0.568. The van der Waals surface area contributed by atoms with E-state index in [0.29, 0.717) is 29.3 Å². The second kappa shape index (κ2) is 6.98. The lowest BCUT2D eigenvalue weighted by Gasteiger charge is -2.20. The molecule has 0 atom stereocenters. The summed E-state index contributed by atoms with van der Waals surface area (Å²) in [5.74, 6) is 0. The van der Waals surface area contributed by atoms with Crippen LogP contribution in [0.3, 0.4) is 0 Å². The fourth-order valence-corrected chi connectivity index (χ4v) is 3.62. The summed E-state index contributed by atoms with van der Waals surface area (Å²) in [6.07, 6.45) is 0.722. The SMILES string of the molecule is O=CC1=C(Cl)c2sccc2N(C(=O)OCc2ccccc2)CC1. The predicted molar refractivity (Wildman–Crippen MR) is 91.7 cm³/mol. The Labute approximate surface area is 142 Å². The Kier molecular flexibility index (Phi) is 4.79. The Balaban J connectivity index is 1.78. The number of benzene rings is 1. The van der Waals surface area contributed by atoms with Crippen LogP contribution < -0.4 is 4.90 Å². The molecule has 6 heteroatoms. The van der Waals surface area contributed by atoms with Gasteiger partial charge in [-0.2, -0.15) is 0 Å². The van der Waals surface area contributed by atoms with Crippen molar-refractivity contribution in [3.8, 4) is 0 Å². The molecule has 1 aromatic carbocycles. The number of nitrogens with zero attached hydrogens (tertiary/aromatic N) is 1. The molecule has 0 saturated carbocycles. The topological polar surface area (TPSA) is 46.6 Å². The Bertz CT molecular complexity index is 754. The number of carbonyl (C=O) groups is 2. The second-order valence-electron chi connectivity index (χ2n) is 5.03. The fraction of sp³-hybridized carbons (Fsp3) is 0.176. The van der Waals surface area contributed by atoms with Gasteiger partial charge in [-0.3, -0.25) is 9.69 Å². The van der Waals surface area contributed by atoms with Gasteiger partial charge in [0.15, 0.2) is 0 Å². The second-order valence-corrected chi connectivity index (χ2v) is 6.33. The van der Waals surface area contributed by atoms with Crippen LogP contribution in [-0.4, -0.2) is 18.9 Å². The fourth-order valence-electron chi connectivity index (χ4n) is 2.39. The van der Waals surface area contributed by atoms with E-state index in [1.807, 2.05) is 41.8 Å². The lowest BCUT2D eigenvalue weighted by molar-refractivity contribution is -0.105. The van der Waals surface area contributed by atoms with Gasteiger partial charge in [0.2, 0.25) is 0 Å². The third-order valence-corrected chi connectivity index (χ3v) is 5.05. The molecule has 3 rings (SSSR count). The summed E-state index contributed by atoms with van der Waals surface area (Å²) in [7, 11) is 0. The number of thiophene rings is 1. The van der Waals surface area contributed by atoms with Gasteiger partial charge in [-0.25, -0.2) is 4.79 Å². The monoisotopic (exact) mass is 347 g/mol. The molecule has 0 bridgehead atoms. The Morgan fingerprint density at radius 3 is 2.83 bits per heavy atom. The van der Waals surface area contributed by atoms with E-state index in [1.165, 1.54) is 16.2 Å². The zero-order valence-corrected chi connectivity index (χ0v) is 13.8. The van der Waals surface area contributed by atoms with Gasteiger partial charge < -0.3 is 4.74 Å². The maximum atomic E-state index is 12.4. The van der Waals surface area contributed by atoms with Crippen molar-refractivity contribution < 1.29 is 14.3 Å². The van der Waals surface area contributed by atoms with Gasteiger partial charge in [0.1, 0.15) is 12.9 Å². The number of hydrogen-bond donors (Lipinski definition) is 0. The van der Waals surface area contributed by atoms with Crippen LogP contribution in [0.25, 0.3) is 5.03 Å². The average molecular weight is 348 g/mol. The standard InChI is InChI=1S/C17H14ClNO3S/c18-15-13(10-20)6-8-19(14-7-9-23-16(14)15)17(21)22-11-12-4-2-1-3-5-12/h1-5,7,9-10H,6,8,11H2. The zero-order valence-electron chi connectivity index (χ0n) is 12.2. The molecule has 23 heavy (non-hydrogen) atoms. The minimum absolute atomic E-state index is 0.206. The first-order chi connectivity index (χ1) is 11.2. The highest BCUT2D eigenvalue weighted by Gasteiger charge is 2.27. The highest BCUT2D eigenvalue weighted by atomic mass is 35.5. The third-order valence-electron chi connectivity index (χ3n) is 3.59. The van der Waals surface area contributed by atoms with E-state index in [2.05, 4.69) is 0 Å². The summed E-state index contributed by atoms with van der Waals surface area (Å²) in [4.78, 5) is 25.9. The smallest absolute Gasteiger partial charge is 0.414 e. The summed E-state index contributed by atoms with van der Waals surface area (Å²) >= 11 is 7.69. The van der Waals surface area contributed by atoms with Crippen LogP contribution in [0, 0.1) is 0 Å². The van der Waals surface area contributed by atoms with Crippen LogP contribution in [0.5, 0.6) is 0 Å². The molecule has 118 valence electrons. The summed E-state index contributed by atoms with van der Waals surface area (Å²) in [6, 6.07) is 11.3. The molecule has 2 heterocycles. The van der Waals surface area contributed by atoms with Crippen molar-refractivity contribution in [1.29, 1.82) is 0 Å². The predicted octanol–water partition coefficient (Wildman–Crippen LogP) is 4.44. The van der Waals surface area contributed by atoms with Crippen LogP contribution in [0.2, 0.25) is 0 Å². The highest BCUT2D eigenvalue weighted by Crippen LogP contribution is 2.39. The molecule has 0 spiro atoms. The van der Waals surface area contributed by atoms with Gasteiger partial charge in [-0.05, 0) is 23.4 Å². The van der Waals surface area contributed by atoms with Crippen molar-refractivity contribution in [3.05, 3.63) is 57.8 Å². The average Bonchev–Trinajstić information content (AvgIpc) is 3.02. The molecule has 0 N–H and O–H groups in total. The molecule has 4 nitrogen and oxygen atoms in total. The van der Waals surface area contributed by atoms with Crippen LogP contribution in [0.4, 0.5) is 10.5 Å². The number of aldehydes is 1.